The van der Waals surface area contributed by atoms with E-state index in [1.807, 2.05) is 12.3 Å². The first-order chi connectivity index (χ1) is 6.77. The fraction of sp³-hybridized carbons (Fsp3) is 0.222. The number of hydrogen-bond acceptors (Lipinski definition) is 4. The van der Waals surface area contributed by atoms with E-state index < -0.39 is 0 Å². The maximum Gasteiger partial charge on any atom is 0.188 e. The lowest BCUT2D eigenvalue weighted by Crippen LogP contribution is -1.88. The van der Waals surface area contributed by atoms with Crippen molar-refractivity contribution in [3.63, 3.8) is 0 Å². The molecular formula is C9H8ClN3S. The highest BCUT2D eigenvalue weighted by molar-refractivity contribution is 7.98. The molecule has 5 heteroatoms. The Morgan fingerprint density at radius 2 is 2.50 bits per heavy atom. The number of thioether (sulfide) groups is 1. The molecule has 0 N–H and O–H groups in total. The molecule has 1 heterocycles. The smallest absolute Gasteiger partial charge is 0.188 e. The van der Waals surface area contributed by atoms with Crippen molar-refractivity contribution in [1.29, 1.82) is 5.26 Å². The Balaban J connectivity index is 2.85. The van der Waals surface area contributed by atoms with Gasteiger partial charge in [0, 0.05) is 11.8 Å². The predicted octanol–water partition coefficient (Wildman–Crippen LogP) is 2.78. The first kappa shape index (κ1) is 11.0. The summed E-state index contributed by atoms with van der Waals surface area (Å²) in [5, 5.41) is 9.39. The van der Waals surface area contributed by atoms with E-state index in [9.17, 15) is 0 Å². The van der Waals surface area contributed by atoms with Crippen LogP contribution in [0.1, 0.15) is 12.0 Å². The first-order valence-corrected chi connectivity index (χ1v) is 5.48. The molecular weight excluding hydrogens is 218 g/mol. The lowest BCUT2D eigenvalue weighted by atomic mass is 10.3. The van der Waals surface area contributed by atoms with Gasteiger partial charge in [-0.05, 0) is 6.26 Å². The monoisotopic (exact) mass is 225 g/mol. The number of halogens is 1. The third-order valence-corrected chi connectivity index (χ3v) is 2.30. The highest BCUT2D eigenvalue weighted by Gasteiger charge is 2.00. The van der Waals surface area contributed by atoms with Crippen molar-refractivity contribution in [3.8, 4) is 6.07 Å². The van der Waals surface area contributed by atoms with E-state index in [1.165, 1.54) is 11.8 Å². The van der Waals surface area contributed by atoms with Crippen LogP contribution in [-0.2, 0) is 0 Å². The summed E-state index contributed by atoms with van der Waals surface area (Å²) in [6, 6.07) is 2.01. The second-order valence-electron chi connectivity index (χ2n) is 2.37. The van der Waals surface area contributed by atoms with Crippen LogP contribution in [0.25, 0.3) is 6.08 Å². The van der Waals surface area contributed by atoms with Crippen molar-refractivity contribution in [2.24, 2.45) is 0 Å². The molecule has 0 aliphatic rings. The number of hydrogen-bond donors (Lipinski definition) is 0. The molecule has 1 rings (SSSR count). The fourth-order valence-electron chi connectivity index (χ4n) is 0.804. The normalized spacial score (nSPS) is 10.4. The quantitative estimate of drug-likeness (QED) is 0.451. The molecule has 0 spiro atoms. The van der Waals surface area contributed by atoms with Gasteiger partial charge in [-0.2, -0.15) is 5.26 Å². The molecule has 0 saturated carbocycles. The van der Waals surface area contributed by atoms with Crippen LogP contribution >= 0.6 is 23.4 Å². The van der Waals surface area contributed by atoms with E-state index in [2.05, 4.69) is 9.97 Å². The highest BCUT2D eigenvalue weighted by atomic mass is 35.5. The van der Waals surface area contributed by atoms with Crippen LogP contribution in [0.15, 0.2) is 17.4 Å². The fourth-order valence-corrected chi connectivity index (χ4v) is 1.39. The molecule has 1 aromatic rings. The van der Waals surface area contributed by atoms with Crippen LogP contribution in [0.5, 0.6) is 0 Å². The number of nitriles is 1. The predicted molar refractivity (Wildman–Crippen MR) is 58.1 cm³/mol. The van der Waals surface area contributed by atoms with Gasteiger partial charge in [0.05, 0.1) is 12.5 Å². The van der Waals surface area contributed by atoms with Crippen LogP contribution in [0.2, 0.25) is 5.15 Å². The summed E-state index contributed by atoms with van der Waals surface area (Å²) < 4.78 is 0. The van der Waals surface area contributed by atoms with E-state index in [-0.39, 0.29) is 0 Å². The van der Waals surface area contributed by atoms with Gasteiger partial charge in [-0.25, -0.2) is 9.97 Å². The summed E-state index contributed by atoms with van der Waals surface area (Å²) in [5.41, 5.74) is 0.736. The second-order valence-corrected chi connectivity index (χ2v) is 3.50. The molecule has 0 bridgehead atoms. The topological polar surface area (TPSA) is 49.6 Å². The van der Waals surface area contributed by atoms with Crippen molar-refractivity contribution < 1.29 is 0 Å². The number of allylic oxidation sites excluding steroid dienone is 1. The number of nitrogens with zero attached hydrogens (tertiary/aromatic N) is 3. The van der Waals surface area contributed by atoms with Crippen LogP contribution in [-0.4, -0.2) is 16.2 Å². The SMILES string of the molecule is CSc1ncc(C=CCC#N)c(Cl)n1. The van der Waals surface area contributed by atoms with E-state index >= 15 is 0 Å². The maximum absolute atomic E-state index is 8.33. The van der Waals surface area contributed by atoms with Gasteiger partial charge in [0.2, 0.25) is 0 Å². The van der Waals surface area contributed by atoms with Gasteiger partial charge >= 0.3 is 0 Å². The highest BCUT2D eigenvalue weighted by Crippen LogP contribution is 2.17. The van der Waals surface area contributed by atoms with Gasteiger partial charge in [-0.1, -0.05) is 35.5 Å². The zero-order valence-electron chi connectivity index (χ0n) is 7.57. The molecule has 14 heavy (non-hydrogen) atoms. The Bertz CT molecular complexity index is 384. The standard InChI is InChI=1S/C9H8ClN3S/c1-14-9-12-6-7(8(10)13-9)4-2-3-5-11/h2,4,6H,3H2,1H3. The summed E-state index contributed by atoms with van der Waals surface area (Å²) in [6.45, 7) is 0. The minimum absolute atomic E-state index is 0.362. The largest absolute Gasteiger partial charge is 0.230 e. The van der Waals surface area contributed by atoms with Crippen LogP contribution in [0.3, 0.4) is 0 Å². The summed E-state index contributed by atoms with van der Waals surface area (Å²) >= 11 is 7.33. The molecule has 0 amide bonds. The van der Waals surface area contributed by atoms with E-state index in [1.54, 1.807) is 18.3 Å². The zero-order chi connectivity index (χ0) is 10.4. The van der Waals surface area contributed by atoms with E-state index in [0.29, 0.717) is 16.7 Å². The number of aromatic nitrogens is 2. The molecule has 3 nitrogen and oxygen atoms in total. The molecule has 0 fully saturated rings. The number of rotatable bonds is 3. The Labute approximate surface area is 91.8 Å². The average molecular weight is 226 g/mol. The Hall–Kier alpha value is -1.05. The van der Waals surface area contributed by atoms with Gasteiger partial charge in [-0.3, -0.25) is 0 Å². The molecule has 0 aliphatic carbocycles. The van der Waals surface area contributed by atoms with Gasteiger partial charge in [-0.15, -0.1) is 0 Å². The van der Waals surface area contributed by atoms with Gasteiger partial charge in [0.1, 0.15) is 5.15 Å². The van der Waals surface area contributed by atoms with Crippen molar-refractivity contribution in [1.82, 2.24) is 9.97 Å². The third-order valence-electron chi connectivity index (χ3n) is 1.44. The lowest BCUT2D eigenvalue weighted by molar-refractivity contribution is 0.966. The van der Waals surface area contributed by atoms with Crippen LogP contribution in [0.4, 0.5) is 0 Å². The van der Waals surface area contributed by atoms with Gasteiger partial charge in [0.25, 0.3) is 0 Å². The van der Waals surface area contributed by atoms with E-state index in [0.717, 1.165) is 5.56 Å². The molecule has 0 saturated heterocycles. The zero-order valence-corrected chi connectivity index (χ0v) is 9.14. The van der Waals surface area contributed by atoms with Crippen molar-refractivity contribution in [2.75, 3.05) is 6.26 Å². The molecule has 0 aromatic carbocycles. The summed E-state index contributed by atoms with van der Waals surface area (Å²) in [6.07, 6.45) is 7.37. The minimum Gasteiger partial charge on any atom is -0.230 e. The Kier molecular flexibility index (Phi) is 4.44. The molecule has 1 aromatic heterocycles. The van der Waals surface area contributed by atoms with Crippen LogP contribution in [0, 0.1) is 11.3 Å². The lowest BCUT2D eigenvalue weighted by Gasteiger charge is -1.98. The Morgan fingerprint density at radius 1 is 1.71 bits per heavy atom. The van der Waals surface area contributed by atoms with Crippen molar-refractivity contribution >= 4 is 29.4 Å². The molecule has 0 radical (unpaired) electrons. The maximum atomic E-state index is 8.33. The van der Waals surface area contributed by atoms with Crippen molar-refractivity contribution in [3.05, 3.63) is 23.0 Å². The summed E-state index contributed by atoms with van der Waals surface area (Å²) in [5.74, 6) is 0. The Morgan fingerprint density at radius 3 is 3.07 bits per heavy atom. The van der Waals surface area contributed by atoms with E-state index in [4.69, 9.17) is 16.9 Å². The average Bonchev–Trinajstić information content (AvgIpc) is 2.20. The summed E-state index contributed by atoms with van der Waals surface area (Å²) in [4.78, 5) is 8.12. The molecule has 0 aliphatic heterocycles. The van der Waals surface area contributed by atoms with Crippen molar-refractivity contribution in [2.45, 2.75) is 11.6 Å². The van der Waals surface area contributed by atoms with Gasteiger partial charge in [0.15, 0.2) is 5.16 Å². The van der Waals surface area contributed by atoms with Crippen LogP contribution < -0.4 is 0 Å². The molecule has 0 atom stereocenters. The second kappa shape index (κ2) is 5.63. The van der Waals surface area contributed by atoms with Gasteiger partial charge < -0.3 is 0 Å². The molecule has 0 unspecified atom stereocenters. The first-order valence-electron chi connectivity index (χ1n) is 3.88. The minimum atomic E-state index is 0.362. The third kappa shape index (κ3) is 3.02. The summed E-state index contributed by atoms with van der Waals surface area (Å²) in [7, 11) is 0. The molecule has 72 valence electrons.